The Hall–Kier alpha value is -3.62. The molecule has 0 aliphatic carbocycles. The lowest BCUT2D eigenvalue weighted by Crippen LogP contribution is -2.38. The zero-order valence-electron chi connectivity index (χ0n) is 33.3. The molecule has 284 valence electrons. The minimum Gasteiger partial charge on any atom is -0.491 e. The first kappa shape index (κ1) is 43.5. The third kappa shape index (κ3) is 12.2. The lowest BCUT2D eigenvalue weighted by molar-refractivity contribution is -0.156. The van der Waals surface area contributed by atoms with E-state index in [2.05, 4.69) is 79.0 Å². The highest BCUT2D eigenvalue weighted by Crippen LogP contribution is 2.40. The maximum Gasteiger partial charge on any atom is 0.333 e. The number of hydrogen-bond donors (Lipinski definition) is 2. The van der Waals surface area contributed by atoms with E-state index in [4.69, 9.17) is 18.9 Å². The fraction of sp³-hybridized carbons (Fsp3) is 0.581. The van der Waals surface area contributed by atoms with Crippen LogP contribution in [0.3, 0.4) is 0 Å². The topological polar surface area (TPSA) is 112 Å². The summed E-state index contributed by atoms with van der Waals surface area (Å²) in [5.74, 6) is 0.821. The molecular formula is C43H64O8. The first-order chi connectivity index (χ1) is 23.6. The third-order valence-corrected chi connectivity index (χ3v) is 9.77. The van der Waals surface area contributed by atoms with Crippen LogP contribution in [0.1, 0.15) is 143 Å². The molecule has 2 rings (SSSR count). The smallest absolute Gasteiger partial charge is 0.333 e. The second kappa shape index (κ2) is 18.2. The molecule has 0 saturated heterocycles. The Labute approximate surface area is 307 Å². The van der Waals surface area contributed by atoms with Crippen molar-refractivity contribution in [1.82, 2.24) is 0 Å². The van der Waals surface area contributed by atoms with Crippen molar-refractivity contribution in [1.29, 1.82) is 0 Å². The van der Waals surface area contributed by atoms with Crippen LogP contribution in [-0.2, 0) is 24.5 Å². The molecule has 51 heavy (non-hydrogen) atoms. The van der Waals surface area contributed by atoms with Gasteiger partial charge < -0.3 is 29.2 Å². The zero-order valence-corrected chi connectivity index (χ0v) is 33.3. The summed E-state index contributed by atoms with van der Waals surface area (Å²) in [6.07, 6.45) is 0.00862. The minimum atomic E-state index is -0.882. The van der Waals surface area contributed by atoms with Crippen LogP contribution in [0.2, 0.25) is 0 Å². The molecule has 0 saturated carbocycles. The molecule has 0 bridgehead atoms. The number of benzene rings is 2. The molecule has 4 atom stereocenters. The Morgan fingerprint density at radius 2 is 1.16 bits per heavy atom. The van der Waals surface area contributed by atoms with E-state index in [1.165, 1.54) is 0 Å². The number of aliphatic hydroxyl groups is 2. The van der Waals surface area contributed by atoms with Gasteiger partial charge >= 0.3 is 11.9 Å². The van der Waals surface area contributed by atoms with Crippen LogP contribution in [0.4, 0.5) is 0 Å². The molecule has 4 unspecified atom stereocenters. The minimum absolute atomic E-state index is 0.0647. The normalized spacial score (nSPS) is 15.4. The highest BCUT2D eigenvalue weighted by molar-refractivity contribution is 5.87. The molecule has 0 heterocycles. The average molecular weight is 709 g/mol. The monoisotopic (exact) mass is 708 g/mol. The van der Waals surface area contributed by atoms with E-state index in [-0.39, 0.29) is 42.5 Å². The summed E-state index contributed by atoms with van der Waals surface area (Å²) in [6.45, 7) is 31.0. The number of carbonyl (C=O) groups is 2. The van der Waals surface area contributed by atoms with Gasteiger partial charge in [-0.05, 0) is 86.8 Å². The third-order valence-electron chi connectivity index (χ3n) is 9.77. The number of aliphatic hydroxyl groups excluding tert-OH is 2. The van der Waals surface area contributed by atoms with Gasteiger partial charge in [0.25, 0.3) is 0 Å². The van der Waals surface area contributed by atoms with E-state index < -0.39 is 35.3 Å². The van der Waals surface area contributed by atoms with Gasteiger partial charge in [-0.25, -0.2) is 9.59 Å². The summed E-state index contributed by atoms with van der Waals surface area (Å²) in [4.78, 5) is 24.0. The van der Waals surface area contributed by atoms with Crippen molar-refractivity contribution >= 4 is 11.9 Å². The Kier molecular flexibility index (Phi) is 15.6. The van der Waals surface area contributed by atoms with Crippen LogP contribution < -0.4 is 9.47 Å². The highest BCUT2D eigenvalue weighted by Gasteiger charge is 2.33. The summed E-state index contributed by atoms with van der Waals surface area (Å²) in [7, 11) is 0. The van der Waals surface area contributed by atoms with Gasteiger partial charge in [-0.1, -0.05) is 92.8 Å². The van der Waals surface area contributed by atoms with Gasteiger partial charge in [0.2, 0.25) is 0 Å². The first-order valence-electron chi connectivity index (χ1n) is 18.3. The fourth-order valence-electron chi connectivity index (χ4n) is 5.86. The van der Waals surface area contributed by atoms with E-state index >= 15 is 0 Å². The second-order valence-corrected chi connectivity index (χ2v) is 15.7. The van der Waals surface area contributed by atoms with E-state index in [0.29, 0.717) is 30.6 Å². The molecule has 2 aromatic carbocycles. The van der Waals surface area contributed by atoms with E-state index in [1.807, 2.05) is 39.8 Å². The number of esters is 2. The van der Waals surface area contributed by atoms with Gasteiger partial charge in [-0.3, -0.25) is 0 Å². The molecule has 0 aliphatic rings. The molecule has 0 fully saturated rings. The van der Waals surface area contributed by atoms with Gasteiger partial charge in [0.1, 0.15) is 35.9 Å². The van der Waals surface area contributed by atoms with E-state index in [9.17, 15) is 19.8 Å². The SMILES string of the molecule is C=C(C)C(=O)OCC(O)CC(C)(CC)Oc1ccc(C(C)(C)c2ccc(OCC(O)CC(C)(CC)OC(=O)C(=C)C)c(C(C)C)c2)cc1C(C)C. The predicted molar refractivity (Wildman–Crippen MR) is 205 cm³/mol. The largest absolute Gasteiger partial charge is 0.491 e. The summed E-state index contributed by atoms with van der Waals surface area (Å²) in [6, 6.07) is 12.6. The molecule has 0 radical (unpaired) electrons. The van der Waals surface area contributed by atoms with Gasteiger partial charge in [-0.2, -0.15) is 0 Å². The van der Waals surface area contributed by atoms with Gasteiger partial charge in [0, 0.05) is 29.4 Å². The number of hydrogen-bond acceptors (Lipinski definition) is 8. The Bertz CT molecular complexity index is 1520. The molecule has 2 N–H and O–H groups in total. The quantitative estimate of drug-likeness (QED) is 0.104. The van der Waals surface area contributed by atoms with Crippen molar-refractivity contribution in [2.24, 2.45) is 0 Å². The van der Waals surface area contributed by atoms with Crippen LogP contribution in [0.25, 0.3) is 0 Å². The molecule has 0 aromatic heterocycles. The molecule has 0 aliphatic heterocycles. The molecule has 8 heteroatoms. The van der Waals surface area contributed by atoms with Gasteiger partial charge in [0.15, 0.2) is 0 Å². The summed E-state index contributed by atoms with van der Waals surface area (Å²) in [5, 5.41) is 21.6. The van der Waals surface area contributed by atoms with Crippen LogP contribution in [0, 0.1) is 0 Å². The van der Waals surface area contributed by atoms with Crippen molar-refractivity contribution in [2.45, 2.75) is 149 Å². The molecule has 8 nitrogen and oxygen atoms in total. The Morgan fingerprint density at radius 1 is 0.706 bits per heavy atom. The zero-order chi connectivity index (χ0) is 38.9. The van der Waals surface area contributed by atoms with E-state index in [0.717, 1.165) is 28.0 Å². The van der Waals surface area contributed by atoms with Crippen LogP contribution in [-0.4, -0.2) is 58.8 Å². The first-order valence-corrected chi connectivity index (χ1v) is 18.3. The van der Waals surface area contributed by atoms with Crippen LogP contribution in [0.15, 0.2) is 60.7 Å². The number of carbonyl (C=O) groups excluding carboxylic acids is 2. The molecule has 2 aromatic rings. The highest BCUT2D eigenvalue weighted by atomic mass is 16.6. The van der Waals surface area contributed by atoms with Crippen molar-refractivity contribution in [2.75, 3.05) is 13.2 Å². The maximum atomic E-state index is 12.2. The summed E-state index contributed by atoms with van der Waals surface area (Å²) >= 11 is 0. The van der Waals surface area contributed by atoms with Crippen molar-refractivity contribution in [3.63, 3.8) is 0 Å². The second-order valence-electron chi connectivity index (χ2n) is 15.7. The van der Waals surface area contributed by atoms with Gasteiger partial charge in [0.05, 0.1) is 12.2 Å². The molecule has 0 spiro atoms. The van der Waals surface area contributed by atoms with Crippen molar-refractivity contribution in [3.05, 3.63) is 83.0 Å². The standard InChI is InChI=1S/C43H64O8/c1-15-42(13,23-34(45)26-49-39(46)29(7)8)50-38-20-18-32(22-36(38)28(5)6)41(11,12)31-17-19-37(35(21-31)27(3)4)48-25-33(44)24-43(14,16-2)51-40(47)30(9)10/h17-22,27-28,33-34,44-45H,7,9,15-16,23-26H2,1-6,8,10-14H3. The van der Waals surface area contributed by atoms with Crippen LogP contribution >= 0.6 is 0 Å². The van der Waals surface area contributed by atoms with Crippen LogP contribution in [0.5, 0.6) is 11.5 Å². The lowest BCUT2D eigenvalue weighted by Gasteiger charge is -2.34. The predicted octanol–water partition coefficient (Wildman–Crippen LogP) is 9.09. The molecular weight excluding hydrogens is 644 g/mol. The molecule has 0 amide bonds. The summed E-state index contributed by atoms with van der Waals surface area (Å²) in [5.41, 5.74) is 3.08. The average Bonchev–Trinajstić information content (AvgIpc) is 3.05. The maximum absolute atomic E-state index is 12.2. The van der Waals surface area contributed by atoms with Gasteiger partial charge in [-0.15, -0.1) is 0 Å². The lowest BCUT2D eigenvalue weighted by atomic mass is 9.76. The number of ether oxygens (including phenoxy) is 4. The summed E-state index contributed by atoms with van der Waals surface area (Å²) < 4.78 is 23.6. The van der Waals surface area contributed by atoms with Crippen molar-refractivity contribution in [3.8, 4) is 11.5 Å². The fourth-order valence-corrected chi connectivity index (χ4v) is 5.86. The van der Waals surface area contributed by atoms with E-state index in [1.54, 1.807) is 13.8 Å². The Morgan fingerprint density at radius 3 is 1.63 bits per heavy atom. The Balaban J connectivity index is 2.31. The number of rotatable bonds is 20. The van der Waals surface area contributed by atoms with Crippen molar-refractivity contribution < 1.29 is 38.7 Å².